The number of hydrogen-bond acceptors (Lipinski definition) is 3. The molecule has 110 valence electrons. The van der Waals surface area contributed by atoms with Gasteiger partial charge in [0.25, 0.3) is 0 Å². The van der Waals surface area contributed by atoms with Gasteiger partial charge in [0.05, 0.1) is 19.1 Å². The summed E-state index contributed by atoms with van der Waals surface area (Å²) in [6.07, 6.45) is -5.19. The molecule has 1 aromatic carbocycles. The molecule has 0 aliphatic carbocycles. The van der Waals surface area contributed by atoms with E-state index in [0.29, 0.717) is 0 Å². The first-order valence-corrected chi connectivity index (χ1v) is 5.64. The molecule has 1 rings (SSSR count). The van der Waals surface area contributed by atoms with E-state index in [1.165, 1.54) is 6.92 Å². The fraction of sp³-hybridized carbons (Fsp3) is 0.385. The normalized spacial score (nSPS) is 12.9. The number of benzene rings is 1. The van der Waals surface area contributed by atoms with Crippen molar-refractivity contribution in [1.29, 1.82) is 0 Å². The van der Waals surface area contributed by atoms with Gasteiger partial charge in [0.15, 0.2) is 5.78 Å². The van der Waals surface area contributed by atoms with Crippen LogP contribution < -0.4 is 0 Å². The van der Waals surface area contributed by atoms with Gasteiger partial charge in [-0.15, -0.1) is 0 Å². The number of hydrogen-bond donors (Lipinski definition) is 0. The van der Waals surface area contributed by atoms with E-state index in [9.17, 15) is 27.2 Å². The first-order chi connectivity index (χ1) is 9.16. The molecule has 0 spiro atoms. The first-order valence-electron chi connectivity index (χ1n) is 5.64. The van der Waals surface area contributed by atoms with Gasteiger partial charge >= 0.3 is 12.1 Å². The topological polar surface area (TPSA) is 43.4 Å². The largest absolute Gasteiger partial charge is 0.469 e. The molecule has 0 saturated carbocycles. The standard InChI is InChI=1S/C13H12F4O3/c1-7(5-11(18)20-2)12(19)9-4-3-8(14)6-10(9)13(15,16)17/h3-4,6-7H,5H2,1-2H3. The lowest BCUT2D eigenvalue weighted by molar-refractivity contribution is -0.141. The van der Waals surface area contributed by atoms with Crippen molar-refractivity contribution in [2.45, 2.75) is 19.5 Å². The van der Waals surface area contributed by atoms with E-state index in [2.05, 4.69) is 4.74 Å². The summed E-state index contributed by atoms with van der Waals surface area (Å²) < 4.78 is 55.6. The average molecular weight is 292 g/mol. The third-order valence-corrected chi connectivity index (χ3v) is 2.70. The molecule has 3 nitrogen and oxygen atoms in total. The molecule has 0 radical (unpaired) electrons. The maximum atomic E-state index is 12.9. The average Bonchev–Trinajstić information content (AvgIpc) is 2.36. The summed E-state index contributed by atoms with van der Waals surface area (Å²) >= 11 is 0. The van der Waals surface area contributed by atoms with Crippen LogP contribution in [0.15, 0.2) is 18.2 Å². The van der Waals surface area contributed by atoms with Crippen molar-refractivity contribution in [3.05, 3.63) is 35.1 Å². The summed E-state index contributed by atoms with van der Waals surface area (Å²) in [4.78, 5) is 23.0. The number of carbonyl (C=O) groups is 2. The number of alkyl halides is 3. The Morgan fingerprint density at radius 2 is 1.90 bits per heavy atom. The summed E-state index contributed by atoms with van der Waals surface area (Å²) in [5.74, 6) is -3.67. The van der Waals surface area contributed by atoms with E-state index in [1.807, 2.05) is 0 Å². The first kappa shape index (κ1) is 16.1. The second-order valence-electron chi connectivity index (χ2n) is 4.23. The van der Waals surface area contributed by atoms with Gasteiger partial charge in [-0.3, -0.25) is 9.59 Å². The number of ether oxygens (including phenoxy) is 1. The lowest BCUT2D eigenvalue weighted by atomic mass is 9.93. The molecule has 1 aromatic rings. The highest BCUT2D eigenvalue weighted by molar-refractivity contribution is 6.00. The molecule has 1 atom stereocenters. The third kappa shape index (κ3) is 3.79. The Hall–Kier alpha value is -1.92. The van der Waals surface area contributed by atoms with Crippen LogP contribution in [-0.4, -0.2) is 18.9 Å². The second kappa shape index (κ2) is 6.02. The van der Waals surface area contributed by atoms with Gasteiger partial charge in [0, 0.05) is 11.5 Å². The van der Waals surface area contributed by atoms with Gasteiger partial charge in [-0.2, -0.15) is 13.2 Å². The highest BCUT2D eigenvalue weighted by atomic mass is 19.4. The number of esters is 1. The number of rotatable bonds is 4. The summed E-state index contributed by atoms with van der Waals surface area (Å²) in [6, 6.07) is 1.81. The van der Waals surface area contributed by atoms with E-state index in [-0.39, 0.29) is 12.5 Å². The number of ketones is 1. The van der Waals surface area contributed by atoms with Crippen molar-refractivity contribution in [3.63, 3.8) is 0 Å². The van der Waals surface area contributed by atoms with Crippen molar-refractivity contribution >= 4 is 11.8 Å². The van der Waals surface area contributed by atoms with Crippen molar-refractivity contribution in [3.8, 4) is 0 Å². The molecule has 0 aliphatic heterocycles. The van der Waals surface area contributed by atoms with Crippen molar-refractivity contribution < 1.29 is 31.9 Å². The van der Waals surface area contributed by atoms with E-state index in [1.54, 1.807) is 0 Å². The third-order valence-electron chi connectivity index (χ3n) is 2.70. The van der Waals surface area contributed by atoms with Crippen molar-refractivity contribution in [2.24, 2.45) is 5.92 Å². The number of halogens is 4. The molecule has 0 amide bonds. The summed E-state index contributed by atoms with van der Waals surface area (Å²) in [6.45, 7) is 1.31. The maximum absolute atomic E-state index is 12.9. The SMILES string of the molecule is COC(=O)CC(C)C(=O)c1ccc(F)cc1C(F)(F)F. The minimum absolute atomic E-state index is 0.262. The number of carbonyl (C=O) groups excluding carboxylic acids is 2. The van der Waals surface area contributed by atoms with Crippen LogP contribution in [0.4, 0.5) is 17.6 Å². The summed E-state index contributed by atoms with van der Waals surface area (Å²) in [7, 11) is 1.11. The minimum Gasteiger partial charge on any atom is -0.469 e. The zero-order valence-electron chi connectivity index (χ0n) is 10.8. The predicted molar refractivity (Wildman–Crippen MR) is 61.5 cm³/mol. The fourth-order valence-corrected chi connectivity index (χ4v) is 1.66. The smallest absolute Gasteiger partial charge is 0.417 e. The second-order valence-corrected chi connectivity index (χ2v) is 4.23. The molecule has 0 fully saturated rings. The summed E-state index contributed by atoms with van der Waals surface area (Å²) in [5.41, 5.74) is -2.01. The van der Waals surface area contributed by atoms with Crippen LogP contribution in [0.2, 0.25) is 0 Å². The molecule has 20 heavy (non-hydrogen) atoms. The summed E-state index contributed by atoms with van der Waals surface area (Å²) in [5, 5.41) is 0. The maximum Gasteiger partial charge on any atom is 0.417 e. The van der Waals surface area contributed by atoms with Crippen LogP contribution >= 0.6 is 0 Å². The monoisotopic (exact) mass is 292 g/mol. The Kier molecular flexibility index (Phi) is 4.86. The van der Waals surface area contributed by atoms with Crippen LogP contribution in [0.3, 0.4) is 0 Å². The van der Waals surface area contributed by atoms with Gasteiger partial charge in [0.2, 0.25) is 0 Å². The quantitative estimate of drug-likeness (QED) is 0.486. The fourth-order valence-electron chi connectivity index (χ4n) is 1.66. The highest BCUT2D eigenvalue weighted by Gasteiger charge is 2.36. The van der Waals surface area contributed by atoms with E-state index in [4.69, 9.17) is 0 Å². The zero-order valence-corrected chi connectivity index (χ0v) is 10.8. The molecule has 0 heterocycles. The van der Waals surface area contributed by atoms with E-state index < -0.39 is 40.8 Å². The Balaban J connectivity index is 3.13. The van der Waals surface area contributed by atoms with E-state index >= 15 is 0 Å². The number of methoxy groups -OCH3 is 1. The van der Waals surface area contributed by atoms with Gasteiger partial charge in [-0.25, -0.2) is 4.39 Å². The zero-order chi connectivity index (χ0) is 15.5. The Labute approximate surface area is 112 Å². The molecular weight excluding hydrogens is 280 g/mol. The van der Waals surface area contributed by atoms with Crippen molar-refractivity contribution in [2.75, 3.05) is 7.11 Å². The molecule has 0 aliphatic rings. The number of Topliss-reactive ketones (excluding diaryl/α,β-unsaturated/α-hetero) is 1. The van der Waals surface area contributed by atoms with E-state index in [0.717, 1.165) is 19.2 Å². The van der Waals surface area contributed by atoms with Crippen LogP contribution in [0, 0.1) is 11.7 Å². The highest BCUT2D eigenvalue weighted by Crippen LogP contribution is 2.33. The molecule has 0 saturated heterocycles. The lowest BCUT2D eigenvalue weighted by Crippen LogP contribution is -2.21. The molecule has 7 heteroatoms. The Morgan fingerprint density at radius 3 is 2.40 bits per heavy atom. The van der Waals surface area contributed by atoms with Crippen LogP contribution in [0.5, 0.6) is 0 Å². The van der Waals surface area contributed by atoms with Gasteiger partial charge in [-0.1, -0.05) is 6.92 Å². The molecule has 0 N–H and O–H groups in total. The minimum atomic E-state index is -4.85. The van der Waals surface area contributed by atoms with Crippen molar-refractivity contribution in [1.82, 2.24) is 0 Å². The van der Waals surface area contributed by atoms with Gasteiger partial charge in [-0.05, 0) is 18.2 Å². The Morgan fingerprint density at radius 1 is 1.30 bits per heavy atom. The Bertz CT molecular complexity index is 523. The van der Waals surface area contributed by atoms with Crippen LogP contribution in [-0.2, 0) is 15.7 Å². The van der Waals surface area contributed by atoms with Crippen LogP contribution in [0.1, 0.15) is 29.3 Å². The van der Waals surface area contributed by atoms with Gasteiger partial charge in [0.1, 0.15) is 5.82 Å². The molecular formula is C13H12F4O3. The lowest BCUT2D eigenvalue weighted by Gasteiger charge is -2.15. The molecule has 1 unspecified atom stereocenters. The van der Waals surface area contributed by atoms with Crippen LogP contribution in [0.25, 0.3) is 0 Å². The molecule has 0 aromatic heterocycles. The predicted octanol–water partition coefficient (Wildman–Crippen LogP) is 3.23. The van der Waals surface area contributed by atoms with Gasteiger partial charge < -0.3 is 4.74 Å². The molecule has 0 bridgehead atoms.